The molecule has 0 atom stereocenters. The minimum absolute atomic E-state index is 0.151. The lowest BCUT2D eigenvalue weighted by Crippen LogP contribution is -1.98. The predicted octanol–water partition coefficient (Wildman–Crippen LogP) is 3.94. The highest BCUT2D eigenvalue weighted by molar-refractivity contribution is 5.91. The van der Waals surface area contributed by atoms with Crippen molar-refractivity contribution in [3.63, 3.8) is 0 Å². The van der Waals surface area contributed by atoms with Gasteiger partial charge in [0.05, 0.1) is 19.8 Å². The smallest absolute Gasteiger partial charge is 0.339 e. The molecular formula is C22H19NO5. The SMILES string of the molecule is CC#Cc1cn(-c2ccc(C(=O)O)c(O)c2)cc1-c1ccc(OC)cc1OC. The van der Waals surface area contributed by atoms with Crippen LogP contribution < -0.4 is 9.47 Å². The first-order chi connectivity index (χ1) is 13.5. The van der Waals surface area contributed by atoms with Crippen molar-refractivity contribution >= 4 is 5.97 Å². The number of rotatable bonds is 5. The Bertz CT molecular complexity index is 1100. The maximum Gasteiger partial charge on any atom is 0.339 e. The third kappa shape index (κ3) is 3.51. The summed E-state index contributed by atoms with van der Waals surface area (Å²) in [4.78, 5) is 11.1. The molecule has 142 valence electrons. The van der Waals surface area contributed by atoms with Gasteiger partial charge in [0.2, 0.25) is 0 Å². The van der Waals surface area contributed by atoms with Gasteiger partial charge in [0.25, 0.3) is 0 Å². The molecule has 0 radical (unpaired) electrons. The van der Waals surface area contributed by atoms with Crippen LogP contribution in [0.4, 0.5) is 0 Å². The van der Waals surface area contributed by atoms with Gasteiger partial charge in [-0.1, -0.05) is 5.92 Å². The molecule has 0 aliphatic rings. The van der Waals surface area contributed by atoms with E-state index < -0.39 is 5.97 Å². The summed E-state index contributed by atoms with van der Waals surface area (Å²) in [6, 6.07) is 9.92. The fraction of sp³-hybridized carbons (Fsp3) is 0.136. The molecule has 2 aromatic carbocycles. The number of aromatic carboxylic acids is 1. The van der Waals surface area contributed by atoms with Gasteiger partial charge in [0.1, 0.15) is 22.8 Å². The van der Waals surface area contributed by atoms with Crippen molar-refractivity contribution < 1.29 is 24.5 Å². The van der Waals surface area contributed by atoms with E-state index in [0.29, 0.717) is 17.2 Å². The van der Waals surface area contributed by atoms with Gasteiger partial charge >= 0.3 is 5.97 Å². The fourth-order valence-corrected chi connectivity index (χ4v) is 2.94. The Balaban J connectivity index is 2.15. The summed E-state index contributed by atoms with van der Waals surface area (Å²) in [5, 5.41) is 19.1. The Morgan fingerprint density at radius 3 is 2.43 bits per heavy atom. The van der Waals surface area contributed by atoms with Crippen LogP contribution in [0.3, 0.4) is 0 Å². The summed E-state index contributed by atoms with van der Waals surface area (Å²) in [6.45, 7) is 1.75. The molecule has 0 fully saturated rings. The van der Waals surface area contributed by atoms with Crippen LogP contribution in [0.25, 0.3) is 16.8 Å². The fourth-order valence-electron chi connectivity index (χ4n) is 2.94. The van der Waals surface area contributed by atoms with Crippen LogP contribution >= 0.6 is 0 Å². The van der Waals surface area contributed by atoms with Crippen LogP contribution in [-0.4, -0.2) is 35.0 Å². The zero-order valence-corrected chi connectivity index (χ0v) is 15.7. The molecule has 0 saturated carbocycles. The molecule has 0 unspecified atom stereocenters. The van der Waals surface area contributed by atoms with E-state index in [2.05, 4.69) is 11.8 Å². The number of methoxy groups -OCH3 is 2. The molecule has 0 amide bonds. The van der Waals surface area contributed by atoms with Crippen LogP contribution in [0, 0.1) is 11.8 Å². The molecule has 6 heteroatoms. The lowest BCUT2D eigenvalue weighted by molar-refractivity contribution is 0.0693. The second kappa shape index (κ2) is 7.80. The lowest BCUT2D eigenvalue weighted by atomic mass is 10.0. The van der Waals surface area contributed by atoms with Crippen LogP contribution in [0.1, 0.15) is 22.8 Å². The molecule has 1 heterocycles. The molecule has 28 heavy (non-hydrogen) atoms. The number of phenols is 1. The monoisotopic (exact) mass is 377 g/mol. The van der Waals surface area contributed by atoms with E-state index in [0.717, 1.165) is 16.7 Å². The second-order valence-electron chi connectivity index (χ2n) is 5.94. The van der Waals surface area contributed by atoms with Crippen LogP contribution in [0.5, 0.6) is 17.2 Å². The molecule has 0 spiro atoms. The Hall–Kier alpha value is -3.85. The Morgan fingerprint density at radius 1 is 1.04 bits per heavy atom. The number of benzene rings is 2. The molecule has 3 aromatic rings. The normalized spacial score (nSPS) is 10.1. The largest absolute Gasteiger partial charge is 0.507 e. The number of carboxylic acids is 1. The molecule has 2 N–H and O–H groups in total. The zero-order valence-electron chi connectivity index (χ0n) is 15.7. The maximum absolute atomic E-state index is 11.1. The number of ether oxygens (including phenoxy) is 2. The summed E-state index contributed by atoms with van der Waals surface area (Å²) in [6.07, 6.45) is 3.68. The van der Waals surface area contributed by atoms with Crippen LogP contribution in [-0.2, 0) is 0 Å². The topological polar surface area (TPSA) is 80.9 Å². The van der Waals surface area contributed by atoms with Gasteiger partial charge < -0.3 is 24.3 Å². The zero-order chi connectivity index (χ0) is 20.3. The first kappa shape index (κ1) is 18.9. The lowest BCUT2D eigenvalue weighted by Gasteiger charge is -2.10. The van der Waals surface area contributed by atoms with E-state index in [1.807, 2.05) is 24.5 Å². The van der Waals surface area contributed by atoms with Crippen molar-refractivity contribution in [3.05, 3.63) is 59.9 Å². The van der Waals surface area contributed by atoms with Gasteiger partial charge in [0, 0.05) is 41.3 Å². The van der Waals surface area contributed by atoms with E-state index in [4.69, 9.17) is 14.6 Å². The van der Waals surface area contributed by atoms with Crippen molar-refractivity contribution in [1.82, 2.24) is 4.57 Å². The maximum atomic E-state index is 11.1. The Kier molecular flexibility index (Phi) is 5.28. The summed E-state index contributed by atoms with van der Waals surface area (Å²) in [5.74, 6) is 5.81. The first-order valence-electron chi connectivity index (χ1n) is 8.42. The van der Waals surface area contributed by atoms with Crippen molar-refractivity contribution in [1.29, 1.82) is 0 Å². The van der Waals surface area contributed by atoms with Crippen LogP contribution in [0.15, 0.2) is 48.8 Å². The average molecular weight is 377 g/mol. The minimum Gasteiger partial charge on any atom is -0.507 e. The molecule has 0 aliphatic heterocycles. The van der Waals surface area contributed by atoms with Crippen molar-refractivity contribution in [2.45, 2.75) is 6.92 Å². The highest BCUT2D eigenvalue weighted by atomic mass is 16.5. The molecule has 1 aromatic heterocycles. The number of aromatic nitrogens is 1. The first-order valence-corrected chi connectivity index (χ1v) is 8.42. The van der Waals surface area contributed by atoms with Gasteiger partial charge in [-0.3, -0.25) is 0 Å². The number of aromatic hydroxyl groups is 1. The molecule has 0 bridgehead atoms. The molecular weight excluding hydrogens is 358 g/mol. The van der Waals surface area contributed by atoms with Crippen molar-refractivity contribution in [2.75, 3.05) is 14.2 Å². The molecule has 6 nitrogen and oxygen atoms in total. The number of carbonyl (C=O) groups is 1. The minimum atomic E-state index is -1.18. The third-order valence-corrected chi connectivity index (χ3v) is 4.29. The standard InChI is InChI=1S/C22H19NO5/c1-4-5-14-12-23(15-6-8-18(22(25)26)20(24)10-15)13-19(14)17-9-7-16(27-2)11-21(17)28-3/h6-13,24H,1-3H3,(H,25,26). The number of hydrogen-bond donors (Lipinski definition) is 2. The highest BCUT2D eigenvalue weighted by Crippen LogP contribution is 2.36. The number of carboxylic acid groups (broad SMARTS) is 1. The van der Waals surface area contributed by atoms with Gasteiger partial charge in [-0.25, -0.2) is 4.79 Å². The average Bonchev–Trinajstić information content (AvgIpc) is 3.11. The van der Waals surface area contributed by atoms with Gasteiger partial charge in [-0.2, -0.15) is 0 Å². The van der Waals surface area contributed by atoms with E-state index >= 15 is 0 Å². The van der Waals surface area contributed by atoms with Gasteiger partial charge in [0.15, 0.2) is 0 Å². The quantitative estimate of drug-likeness (QED) is 0.659. The summed E-state index contributed by atoms with van der Waals surface area (Å²) in [7, 11) is 3.18. The van der Waals surface area contributed by atoms with Crippen LogP contribution in [0.2, 0.25) is 0 Å². The van der Waals surface area contributed by atoms with Crippen molar-refractivity contribution in [3.8, 4) is 45.9 Å². The second-order valence-corrected chi connectivity index (χ2v) is 5.94. The molecule has 0 aliphatic carbocycles. The Morgan fingerprint density at radius 2 is 1.82 bits per heavy atom. The van der Waals surface area contributed by atoms with E-state index in [-0.39, 0.29) is 11.3 Å². The molecule has 0 saturated heterocycles. The van der Waals surface area contributed by atoms with Gasteiger partial charge in [-0.05, 0) is 31.2 Å². The number of hydrogen-bond acceptors (Lipinski definition) is 4. The van der Waals surface area contributed by atoms with E-state index in [1.165, 1.54) is 12.1 Å². The molecule has 3 rings (SSSR count). The highest BCUT2D eigenvalue weighted by Gasteiger charge is 2.16. The predicted molar refractivity (Wildman–Crippen MR) is 105 cm³/mol. The Labute approximate surface area is 162 Å². The summed E-state index contributed by atoms with van der Waals surface area (Å²) >= 11 is 0. The summed E-state index contributed by atoms with van der Waals surface area (Å²) in [5.41, 5.74) is 2.91. The van der Waals surface area contributed by atoms with E-state index in [1.54, 1.807) is 37.8 Å². The van der Waals surface area contributed by atoms with E-state index in [9.17, 15) is 9.90 Å². The van der Waals surface area contributed by atoms with Crippen molar-refractivity contribution in [2.24, 2.45) is 0 Å². The summed E-state index contributed by atoms with van der Waals surface area (Å²) < 4.78 is 12.5. The van der Waals surface area contributed by atoms with Gasteiger partial charge in [-0.15, -0.1) is 5.92 Å². The third-order valence-electron chi connectivity index (χ3n) is 4.29. The number of nitrogens with zero attached hydrogens (tertiary/aromatic N) is 1.